The first-order valence-corrected chi connectivity index (χ1v) is 10.1. The van der Waals surface area contributed by atoms with Crippen LogP contribution < -0.4 is 5.32 Å². The molecule has 0 saturated heterocycles. The predicted octanol–water partition coefficient (Wildman–Crippen LogP) is 3.30. The van der Waals surface area contributed by atoms with Crippen molar-refractivity contribution in [2.24, 2.45) is 4.99 Å². The van der Waals surface area contributed by atoms with Crippen LogP contribution in [0.25, 0.3) is 10.2 Å². The summed E-state index contributed by atoms with van der Waals surface area (Å²) in [7, 11) is 0. The molecule has 0 unspecified atom stereocenters. The smallest absolute Gasteiger partial charge is 0.329 e. The molecular weight excluding hydrogens is 374 g/mol. The standard InChI is InChI=1S/C17H19N3O4S2/c21-14(22)4-2-1-3-7-18-10-5-6-11-13(8-10)26-16(19-11)15-20-12(9-25-15)17(23)24/h5-6,8,12,18H,1-4,7,9H2,(H,21,22)(H,23,24)/t12-/m1/s1. The van der Waals surface area contributed by atoms with Gasteiger partial charge < -0.3 is 15.5 Å². The molecule has 1 aliphatic rings. The first kappa shape index (κ1) is 18.7. The molecule has 26 heavy (non-hydrogen) atoms. The Morgan fingerprint density at radius 2 is 2.08 bits per heavy atom. The van der Waals surface area contributed by atoms with Crippen molar-refractivity contribution in [2.45, 2.75) is 31.7 Å². The Hall–Kier alpha value is -2.13. The van der Waals surface area contributed by atoms with Crippen molar-refractivity contribution in [1.29, 1.82) is 0 Å². The molecule has 0 radical (unpaired) electrons. The Labute approximate surface area is 158 Å². The zero-order valence-electron chi connectivity index (χ0n) is 14.0. The van der Waals surface area contributed by atoms with Crippen LogP contribution in [-0.4, -0.2) is 50.5 Å². The number of benzene rings is 1. The third-order valence-electron chi connectivity index (χ3n) is 3.90. The maximum atomic E-state index is 11.0. The average Bonchev–Trinajstić information content (AvgIpc) is 3.23. The van der Waals surface area contributed by atoms with Gasteiger partial charge in [0.2, 0.25) is 0 Å². The summed E-state index contributed by atoms with van der Waals surface area (Å²) in [5.41, 5.74) is 1.87. The molecule has 0 spiro atoms. The molecule has 1 aromatic carbocycles. The average molecular weight is 393 g/mol. The van der Waals surface area contributed by atoms with E-state index in [1.165, 1.54) is 23.1 Å². The van der Waals surface area contributed by atoms with Crippen molar-refractivity contribution >= 4 is 56.0 Å². The fourth-order valence-corrected chi connectivity index (χ4v) is 4.66. The molecule has 3 N–H and O–H groups in total. The lowest BCUT2D eigenvalue weighted by Crippen LogP contribution is -2.17. The van der Waals surface area contributed by atoms with E-state index in [4.69, 9.17) is 10.2 Å². The summed E-state index contributed by atoms with van der Waals surface area (Å²) in [4.78, 5) is 30.3. The van der Waals surface area contributed by atoms with E-state index in [-0.39, 0.29) is 6.42 Å². The summed E-state index contributed by atoms with van der Waals surface area (Å²) in [5.74, 6) is -1.19. The van der Waals surface area contributed by atoms with Crippen LogP contribution in [0.5, 0.6) is 0 Å². The van der Waals surface area contributed by atoms with Gasteiger partial charge in [-0.25, -0.2) is 9.78 Å². The van der Waals surface area contributed by atoms with Gasteiger partial charge in [-0.3, -0.25) is 9.79 Å². The van der Waals surface area contributed by atoms with E-state index in [0.29, 0.717) is 17.2 Å². The van der Waals surface area contributed by atoms with Crippen LogP contribution in [-0.2, 0) is 9.59 Å². The summed E-state index contributed by atoms with van der Waals surface area (Å²) in [6.45, 7) is 0.791. The highest BCUT2D eigenvalue weighted by atomic mass is 32.2. The minimum absolute atomic E-state index is 0.222. The number of carboxylic acid groups (broad SMARTS) is 2. The van der Waals surface area contributed by atoms with Crippen molar-refractivity contribution in [2.75, 3.05) is 17.6 Å². The summed E-state index contributed by atoms with van der Waals surface area (Å²) in [6, 6.07) is 5.26. The molecule has 2 heterocycles. The SMILES string of the molecule is O=C(O)CCCCCNc1ccc2nc(C3=N[C@@H](C(=O)O)CS3)sc2c1. The lowest BCUT2D eigenvalue weighted by atomic mass is 10.2. The summed E-state index contributed by atoms with van der Waals surface area (Å²) in [5, 5.41) is 22.5. The fraction of sp³-hybridized carbons (Fsp3) is 0.412. The molecule has 0 fully saturated rings. The predicted molar refractivity (Wildman–Crippen MR) is 105 cm³/mol. The zero-order valence-corrected chi connectivity index (χ0v) is 15.6. The first-order valence-electron chi connectivity index (χ1n) is 8.33. The van der Waals surface area contributed by atoms with Crippen molar-refractivity contribution < 1.29 is 19.8 Å². The lowest BCUT2D eigenvalue weighted by molar-refractivity contribution is -0.138. The fourth-order valence-electron chi connectivity index (χ4n) is 2.55. The molecule has 0 bridgehead atoms. The lowest BCUT2D eigenvalue weighted by Gasteiger charge is -2.05. The largest absolute Gasteiger partial charge is 0.481 e. The number of carbonyl (C=O) groups is 2. The van der Waals surface area contributed by atoms with Crippen LogP contribution in [0, 0.1) is 0 Å². The Morgan fingerprint density at radius 3 is 2.81 bits per heavy atom. The summed E-state index contributed by atoms with van der Waals surface area (Å²) < 4.78 is 1.03. The Morgan fingerprint density at radius 1 is 1.23 bits per heavy atom. The van der Waals surface area contributed by atoms with E-state index in [0.717, 1.165) is 40.3 Å². The van der Waals surface area contributed by atoms with E-state index >= 15 is 0 Å². The highest BCUT2D eigenvalue weighted by Gasteiger charge is 2.26. The van der Waals surface area contributed by atoms with Gasteiger partial charge in [0.1, 0.15) is 10.1 Å². The Balaban J connectivity index is 1.58. The number of thiazole rings is 1. The van der Waals surface area contributed by atoms with Gasteiger partial charge in [0.15, 0.2) is 6.04 Å². The Kier molecular flexibility index (Phi) is 6.10. The van der Waals surface area contributed by atoms with Crippen LogP contribution in [0.3, 0.4) is 0 Å². The van der Waals surface area contributed by atoms with Crippen LogP contribution in [0.1, 0.15) is 30.7 Å². The number of aliphatic carboxylic acids is 2. The highest BCUT2D eigenvalue weighted by molar-refractivity contribution is 8.15. The minimum atomic E-state index is -0.900. The topological polar surface area (TPSA) is 112 Å². The molecule has 1 aliphatic heterocycles. The number of nitrogens with zero attached hydrogens (tertiary/aromatic N) is 2. The quantitative estimate of drug-likeness (QED) is 0.560. The number of hydrogen-bond donors (Lipinski definition) is 3. The highest BCUT2D eigenvalue weighted by Crippen LogP contribution is 2.31. The number of aromatic nitrogens is 1. The van der Waals surface area contributed by atoms with Gasteiger partial charge in [0.25, 0.3) is 0 Å². The summed E-state index contributed by atoms with van der Waals surface area (Å²) >= 11 is 2.95. The van der Waals surface area contributed by atoms with E-state index in [1.54, 1.807) is 0 Å². The normalized spacial score (nSPS) is 16.6. The molecule has 0 aliphatic carbocycles. The summed E-state index contributed by atoms with van der Waals surface area (Å²) in [6.07, 6.45) is 2.73. The van der Waals surface area contributed by atoms with Crippen molar-refractivity contribution in [3.8, 4) is 0 Å². The van der Waals surface area contributed by atoms with Gasteiger partial charge in [-0.15, -0.1) is 23.1 Å². The maximum absolute atomic E-state index is 11.0. The van der Waals surface area contributed by atoms with Gasteiger partial charge in [-0.2, -0.15) is 0 Å². The molecule has 1 atom stereocenters. The number of rotatable bonds is 9. The van der Waals surface area contributed by atoms with Gasteiger partial charge in [-0.05, 0) is 31.0 Å². The molecule has 0 amide bonds. The molecule has 9 heteroatoms. The number of aliphatic imine (C=N–C) groups is 1. The number of hydrogen-bond acceptors (Lipinski definition) is 7. The molecule has 2 aromatic rings. The van der Waals surface area contributed by atoms with Crippen molar-refractivity contribution in [1.82, 2.24) is 4.98 Å². The number of thioether (sulfide) groups is 1. The molecule has 138 valence electrons. The van der Waals surface area contributed by atoms with Gasteiger partial charge in [0.05, 0.1) is 10.2 Å². The van der Waals surface area contributed by atoms with Crippen LogP contribution >= 0.6 is 23.1 Å². The van der Waals surface area contributed by atoms with E-state index in [2.05, 4.69) is 15.3 Å². The van der Waals surface area contributed by atoms with Gasteiger partial charge >= 0.3 is 11.9 Å². The minimum Gasteiger partial charge on any atom is -0.481 e. The van der Waals surface area contributed by atoms with Gasteiger partial charge in [0, 0.05) is 24.4 Å². The number of nitrogens with one attached hydrogen (secondary N) is 1. The first-order chi connectivity index (χ1) is 12.5. The molecule has 7 nitrogen and oxygen atoms in total. The monoisotopic (exact) mass is 393 g/mol. The van der Waals surface area contributed by atoms with E-state index < -0.39 is 18.0 Å². The van der Waals surface area contributed by atoms with Crippen LogP contribution in [0.4, 0.5) is 5.69 Å². The number of unbranched alkanes of at least 4 members (excludes halogenated alkanes) is 2. The molecule has 1 aromatic heterocycles. The van der Waals surface area contributed by atoms with E-state index in [9.17, 15) is 9.59 Å². The second kappa shape index (κ2) is 8.50. The second-order valence-electron chi connectivity index (χ2n) is 5.93. The number of carboxylic acids is 2. The maximum Gasteiger partial charge on any atom is 0.329 e. The molecule has 3 rings (SSSR count). The third kappa shape index (κ3) is 4.73. The molecular formula is C17H19N3O4S2. The Bertz CT molecular complexity index is 850. The van der Waals surface area contributed by atoms with Crippen LogP contribution in [0.15, 0.2) is 23.2 Å². The van der Waals surface area contributed by atoms with Crippen molar-refractivity contribution in [3.05, 3.63) is 23.2 Å². The zero-order chi connectivity index (χ0) is 18.5. The van der Waals surface area contributed by atoms with Crippen molar-refractivity contribution in [3.63, 3.8) is 0 Å². The van der Waals surface area contributed by atoms with Crippen LogP contribution in [0.2, 0.25) is 0 Å². The third-order valence-corrected chi connectivity index (χ3v) is 6.11. The number of anilines is 1. The van der Waals surface area contributed by atoms with E-state index in [1.807, 2.05) is 18.2 Å². The van der Waals surface area contributed by atoms with Gasteiger partial charge in [-0.1, -0.05) is 6.42 Å². The molecule has 0 saturated carbocycles. The second-order valence-corrected chi connectivity index (χ2v) is 7.97. The number of fused-ring (bicyclic) bond motifs is 1.